The number of ether oxygens (including phenoxy) is 3. The van der Waals surface area contributed by atoms with Crippen molar-refractivity contribution in [1.82, 2.24) is 0 Å². The van der Waals surface area contributed by atoms with Crippen molar-refractivity contribution in [2.45, 2.75) is 348 Å². The number of hydrogen-bond acceptors (Lipinski definition) is 6. The van der Waals surface area contributed by atoms with Crippen molar-refractivity contribution in [3.8, 4) is 0 Å². The van der Waals surface area contributed by atoms with Gasteiger partial charge in [0.25, 0.3) is 0 Å². The highest BCUT2D eigenvalue weighted by molar-refractivity contribution is 5.71. The van der Waals surface area contributed by atoms with E-state index in [1.54, 1.807) is 0 Å². The summed E-state index contributed by atoms with van der Waals surface area (Å²) in [6, 6.07) is 0. The second kappa shape index (κ2) is 70.6. The van der Waals surface area contributed by atoms with E-state index in [4.69, 9.17) is 14.2 Å². The highest BCUT2D eigenvalue weighted by atomic mass is 16.6. The molecule has 0 spiro atoms. The molecule has 0 aromatic heterocycles. The van der Waals surface area contributed by atoms with Gasteiger partial charge in [-0.15, -0.1) is 0 Å². The molecule has 0 radical (unpaired) electrons. The fourth-order valence-electron chi connectivity index (χ4n) is 9.94. The van der Waals surface area contributed by atoms with Gasteiger partial charge in [-0.1, -0.05) is 304 Å². The van der Waals surface area contributed by atoms with Gasteiger partial charge >= 0.3 is 17.9 Å². The molecule has 83 heavy (non-hydrogen) atoms. The zero-order chi connectivity index (χ0) is 59.9. The molecule has 0 aliphatic heterocycles. The topological polar surface area (TPSA) is 78.9 Å². The molecule has 0 aromatic carbocycles. The molecule has 0 bridgehead atoms. The summed E-state index contributed by atoms with van der Waals surface area (Å²) >= 11 is 0. The maximum atomic E-state index is 13.0. The lowest BCUT2D eigenvalue weighted by molar-refractivity contribution is -0.167. The van der Waals surface area contributed by atoms with Crippen LogP contribution >= 0.6 is 0 Å². The molecule has 0 aliphatic carbocycles. The van der Waals surface area contributed by atoms with Crippen LogP contribution in [0.4, 0.5) is 0 Å². The smallest absolute Gasteiger partial charge is 0.306 e. The van der Waals surface area contributed by atoms with Crippen LogP contribution in [0.3, 0.4) is 0 Å². The van der Waals surface area contributed by atoms with Crippen LogP contribution in [0.5, 0.6) is 0 Å². The Morgan fingerprint density at radius 2 is 0.470 bits per heavy atom. The Kier molecular flexibility index (Phi) is 67.2. The van der Waals surface area contributed by atoms with E-state index in [-0.39, 0.29) is 31.1 Å². The third-order valence-electron chi connectivity index (χ3n) is 15.2. The number of rotatable bonds is 64. The molecule has 0 heterocycles. The summed E-state index contributed by atoms with van der Waals surface area (Å²) in [5.74, 6) is -0.891. The van der Waals surface area contributed by atoms with Crippen LogP contribution in [0.2, 0.25) is 0 Å². The van der Waals surface area contributed by atoms with Crippen molar-refractivity contribution in [3.05, 3.63) is 109 Å². The van der Waals surface area contributed by atoms with Crippen molar-refractivity contribution in [2.75, 3.05) is 13.2 Å². The summed E-state index contributed by atoms with van der Waals surface area (Å²) in [7, 11) is 0. The van der Waals surface area contributed by atoms with Crippen LogP contribution in [-0.4, -0.2) is 37.2 Å². The molecule has 0 amide bonds. The van der Waals surface area contributed by atoms with E-state index < -0.39 is 6.10 Å². The molecular weight excluding hydrogens is 1020 g/mol. The molecule has 6 heteroatoms. The third kappa shape index (κ3) is 68.7. The molecule has 0 saturated carbocycles. The second-order valence-corrected chi connectivity index (χ2v) is 23.4. The fourth-order valence-corrected chi connectivity index (χ4v) is 9.94. The van der Waals surface area contributed by atoms with Crippen molar-refractivity contribution in [1.29, 1.82) is 0 Å². The average molecular weight is 1150 g/mol. The van der Waals surface area contributed by atoms with Gasteiger partial charge in [-0.25, -0.2) is 0 Å². The van der Waals surface area contributed by atoms with Crippen molar-refractivity contribution >= 4 is 17.9 Å². The van der Waals surface area contributed by atoms with Crippen LogP contribution < -0.4 is 0 Å². The van der Waals surface area contributed by atoms with Gasteiger partial charge in [-0.3, -0.25) is 14.4 Å². The predicted molar refractivity (Wildman–Crippen MR) is 362 cm³/mol. The minimum atomic E-state index is -0.792. The minimum Gasteiger partial charge on any atom is -0.462 e. The van der Waals surface area contributed by atoms with E-state index in [2.05, 4.69) is 130 Å². The van der Waals surface area contributed by atoms with Gasteiger partial charge in [0.15, 0.2) is 6.10 Å². The lowest BCUT2D eigenvalue weighted by Crippen LogP contribution is -2.30. The Bertz CT molecular complexity index is 1660. The van der Waals surface area contributed by atoms with Gasteiger partial charge in [0.2, 0.25) is 0 Å². The molecule has 0 aromatic rings. The molecule has 0 saturated heterocycles. The summed E-state index contributed by atoms with van der Waals surface area (Å²) in [4.78, 5) is 38.5. The molecule has 0 N–H and O–H groups in total. The molecule has 0 fully saturated rings. The summed E-state index contributed by atoms with van der Waals surface area (Å²) in [5, 5.41) is 0. The Labute approximate surface area is 514 Å². The summed E-state index contributed by atoms with van der Waals surface area (Å²) < 4.78 is 17.0. The second-order valence-electron chi connectivity index (χ2n) is 23.4. The number of carbonyl (C=O) groups excluding carboxylic acids is 3. The van der Waals surface area contributed by atoms with Crippen LogP contribution in [0.15, 0.2) is 109 Å². The third-order valence-corrected chi connectivity index (χ3v) is 15.2. The maximum Gasteiger partial charge on any atom is 0.306 e. The minimum absolute atomic E-state index is 0.0854. The summed E-state index contributed by atoms with van der Waals surface area (Å²) in [5.41, 5.74) is 0. The van der Waals surface area contributed by atoms with Crippen molar-refractivity contribution in [3.63, 3.8) is 0 Å². The first-order chi connectivity index (χ1) is 41.0. The van der Waals surface area contributed by atoms with E-state index in [1.165, 1.54) is 193 Å². The quantitative estimate of drug-likeness (QED) is 0.0261. The van der Waals surface area contributed by atoms with Gasteiger partial charge in [-0.2, -0.15) is 0 Å². The van der Waals surface area contributed by atoms with Crippen LogP contribution in [-0.2, 0) is 28.6 Å². The van der Waals surface area contributed by atoms with E-state index in [1.807, 2.05) is 0 Å². The van der Waals surface area contributed by atoms with Crippen molar-refractivity contribution in [2.24, 2.45) is 0 Å². The number of hydrogen-bond donors (Lipinski definition) is 0. The number of carbonyl (C=O) groups is 3. The van der Waals surface area contributed by atoms with Crippen LogP contribution in [0.1, 0.15) is 342 Å². The first-order valence-corrected chi connectivity index (χ1v) is 35.4. The molecule has 0 rings (SSSR count). The van der Waals surface area contributed by atoms with E-state index in [0.29, 0.717) is 19.3 Å². The van der Waals surface area contributed by atoms with Gasteiger partial charge in [0, 0.05) is 19.3 Å². The number of unbranched alkanes of at least 4 members (excludes halogenated alkanes) is 35. The monoisotopic (exact) mass is 1150 g/mol. The summed E-state index contributed by atoms with van der Waals surface area (Å²) in [6.07, 6.45) is 96.7. The highest BCUT2D eigenvalue weighted by Gasteiger charge is 2.19. The Morgan fingerprint density at radius 1 is 0.253 bits per heavy atom. The molecule has 1 atom stereocenters. The molecule has 476 valence electrons. The number of esters is 3. The SMILES string of the molecule is CC/C=C\C/C=C\C/C=C\C/C=C\C/C=C\CCCCCCCCCC(=O)OCC(COC(=O)CCCCCCCCCCC/C=C\C/C=C\CCCCCCC)OC(=O)CCCCCCCCCCC/C=C\C/C=C\CCCCCCC. The maximum absolute atomic E-state index is 13.0. The predicted octanol–water partition coefficient (Wildman–Crippen LogP) is 24.6. The van der Waals surface area contributed by atoms with Crippen LogP contribution in [0, 0.1) is 0 Å². The lowest BCUT2D eigenvalue weighted by atomic mass is 10.1. The lowest BCUT2D eigenvalue weighted by Gasteiger charge is -2.18. The zero-order valence-corrected chi connectivity index (χ0v) is 54.7. The molecular formula is C77H132O6. The largest absolute Gasteiger partial charge is 0.462 e. The summed E-state index contributed by atoms with van der Waals surface area (Å²) in [6.45, 7) is 6.53. The average Bonchev–Trinajstić information content (AvgIpc) is 3.49. The first kappa shape index (κ1) is 79.1. The highest BCUT2D eigenvalue weighted by Crippen LogP contribution is 2.16. The number of allylic oxidation sites excluding steroid dienone is 18. The van der Waals surface area contributed by atoms with E-state index in [0.717, 1.165) is 109 Å². The normalized spacial score (nSPS) is 12.8. The molecule has 6 nitrogen and oxygen atoms in total. The van der Waals surface area contributed by atoms with Gasteiger partial charge < -0.3 is 14.2 Å². The fraction of sp³-hybridized carbons (Fsp3) is 0.727. The van der Waals surface area contributed by atoms with Gasteiger partial charge in [0.1, 0.15) is 13.2 Å². The zero-order valence-electron chi connectivity index (χ0n) is 54.7. The first-order valence-electron chi connectivity index (χ1n) is 35.4. The Balaban J connectivity index is 4.42. The molecule has 1 unspecified atom stereocenters. The van der Waals surface area contributed by atoms with Crippen LogP contribution in [0.25, 0.3) is 0 Å². The van der Waals surface area contributed by atoms with Gasteiger partial charge in [0.05, 0.1) is 0 Å². The van der Waals surface area contributed by atoms with Gasteiger partial charge in [-0.05, 0) is 128 Å². The van der Waals surface area contributed by atoms with E-state index in [9.17, 15) is 14.4 Å². The standard InChI is InChI=1S/C77H132O6/c1-4-7-10-13-16-19-22-25-28-31-34-37-38-41-43-46-49-52-55-58-61-64-67-70-76(79)82-73-74(83-77(80)71-68-65-62-59-56-53-50-47-44-40-36-33-30-27-24-21-18-15-12-9-6-3)72-81-75(78)69-66-63-60-57-54-51-48-45-42-39-35-32-29-26-23-20-17-14-11-8-5-2/h7,10,16,19,23-28,32-37,41,43,74H,4-6,8-9,11-15,17-18,20-22,29-31,38-40,42,44-73H2,1-3H3/b10-7-,19-16-,26-23-,27-24-,28-25-,35-32-,36-33-,37-34-,43-41-. The molecule has 0 aliphatic rings. The van der Waals surface area contributed by atoms with Crippen molar-refractivity contribution < 1.29 is 28.6 Å². The Morgan fingerprint density at radius 3 is 0.735 bits per heavy atom. The van der Waals surface area contributed by atoms with E-state index >= 15 is 0 Å². The Hall–Kier alpha value is -3.93.